The molecule has 0 radical (unpaired) electrons. The summed E-state index contributed by atoms with van der Waals surface area (Å²) in [6.07, 6.45) is 1.42. The summed E-state index contributed by atoms with van der Waals surface area (Å²) in [6, 6.07) is 7.06. The lowest BCUT2D eigenvalue weighted by Crippen LogP contribution is -2.51. The van der Waals surface area contributed by atoms with Crippen molar-refractivity contribution in [3.63, 3.8) is 0 Å². The standard InChI is InChI=1S/C19H20FN3O6S/c1-21-7-6-14(12-17(21)24)19(26)29-13-18(25)22-8-10-23(11-9-22)30(27,28)16-4-2-15(20)3-5-16/h2-7,12H,8-11,13H2,1H3. The van der Waals surface area contributed by atoms with Crippen LogP contribution in [0.3, 0.4) is 0 Å². The number of aromatic nitrogens is 1. The van der Waals surface area contributed by atoms with Crippen LogP contribution in [0.5, 0.6) is 0 Å². The summed E-state index contributed by atoms with van der Waals surface area (Å²) >= 11 is 0. The molecule has 0 saturated carbocycles. The van der Waals surface area contributed by atoms with Gasteiger partial charge in [0, 0.05) is 45.5 Å². The quantitative estimate of drug-likeness (QED) is 0.620. The number of benzene rings is 1. The first-order valence-corrected chi connectivity index (χ1v) is 10.5. The van der Waals surface area contributed by atoms with Gasteiger partial charge in [0.2, 0.25) is 10.0 Å². The molecular weight excluding hydrogens is 417 g/mol. The largest absolute Gasteiger partial charge is 0.452 e. The molecule has 1 fully saturated rings. The fraction of sp³-hybridized carbons (Fsp3) is 0.316. The number of piperazine rings is 1. The van der Waals surface area contributed by atoms with E-state index in [1.807, 2.05) is 0 Å². The Morgan fingerprint density at radius 3 is 2.30 bits per heavy atom. The molecule has 2 aromatic rings. The van der Waals surface area contributed by atoms with Crippen LogP contribution < -0.4 is 5.56 Å². The van der Waals surface area contributed by atoms with Crippen molar-refractivity contribution in [3.05, 3.63) is 64.3 Å². The highest BCUT2D eigenvalue weighted by atomic mass is 32.2. The number of sulfonamides is 1. The Morgan fingerprint density at radius 2 is 1.70 bits per heavy atom. The number of hydrogen-bond acceptors (Lipinski definition) is 6. The highest BCUT2D eigenvalue weighted by molar-refractivity contribution is 7.89. The number of ether oxygens (including phenoxy) is 1. The van der Waals surface area contributed by atoms with E-state index in [0.717, 1.165) is 18.2 Å². The van der Waals surface area contributed by atoms with Crippen molar-refractivity contribution in [3.8, 4) is 0 Å². The molecule has 11 heteroatoms. The summed E-state index contributed by atoms with van der Waals surface area (Å²) in [7, 11) is -2.25. The third-order valence-corrected chi connectivity index (χ3v) is 6.62. The van der Waals surface area contributed by atoms with Gasteiger partial charge in [-0.3, -0.25) is 9.59 Å². The van der Waals surface area contributed by atoms with Crippen molar-refractivity contribution >= 4 is 21.9 Å². The molecule has 0 N–H and O–H groups in total. The van der Waals surface area contributed by atoms with Crippen LogP contribution in [-0.2, 0) is 26.6 Å². The Kier molecular flexibility index (Phi) is 6.32. The summed E-state index contributed by atoms with van der Waals surface area (Å²) in [5, 5.41) is 0. The number of halogens is 1. The molecule has 160 valence electrons. The molecule has 9 nitrogen and oxygen atoms in total. The molecule has 0 spiro atoms. The summed E-state index contributed by atoms with van der Waals surface area (Å²) < 4.78 is 45.7. The normalized spacial score (nSPS) is 15.1. The zero-order valence-corrected chi connectivity index (χ0v) is 17.0. The van der Waals surface area contributed by atoms with Gasteiger partial charge < -0.3 is 14.2 Å². The average Bonchev–Trinajstić information content (AvgIpc) is 2.74. The number of amides is 1. The second-order valence-electron chi connectivity index (χ2n) is 6.68. The monoisotopic (exact) mass is 437 g/mol. The second-order valence-corrected chi connectivity index (χ2v) is 8.62. The van der Waals surface area contributed by atoms with E-state index in [-0.39, 0.29) is 42.2 Å². The molecule has 30 heavy (non-hydrogen) atoms. The third-order valence-electron chi connectivity index (χ3n) is 4.71. The van der Waals surface area contributed by atoms with Crippen LogP contribution in [-0.4, -0.2) is 66.9 Å². The predicted molar refractivity (Wildman–Crippen MR) is 104 cm³/mol. The Morgan fingerprint density at radius 1 is 1.07 bits per heavy atom. The van der Waals surface area contributed by atoms with Gasteiger partial charge in [0.15, 0.2) is 6.61 Å². The zero-order chi connectivity index (χ0) is 21.9. The number of aryl methyl sites for hydroxylation is 1. The molecule has 1 aromatic carbocycles. The topological polar surface area (TPSA) is 106 Å². The van der Waals surface area contributed by atoms with Crippen LogP contribution >= 0.6 is 0 Å². The molecule has 0 atom stereocenters. The van der Waals surface area contributed by atoms with E-state index >= 15 is 0 Å². The SMILES string of the molecule is Cn1ccc(C(=O)OCC(=O)N2CCN(S(=O)(=O)c3ccc(F)cc3)CC2)cc1=O. The maximum Gasteiger partial charge on any atom is 0.338 e. The maximum absolute atomic E-state index is 13.0. The first-order chi connectivity index (χ1) is 14.2. The summed E-state index contributed by atoms with van der Waals surface area (Å²) in [4.78, 5) is 37.2. The van der Waals surface area contributed by atoms with Crippen molar-refractivity contribution in [1.82, 2.24) is 13.8 Å². The molecule has 0 unspecified atom stereocenters. The highest BCUT2D eigenvalue weighted by Crippen LogP contribution is 2.18. The minimum Gasteiger partial charge on any atom is -0.452 e. The second kappa shape index (κ2) is 8.76. The molecule has 1 aromatic heterocycles. The van der Waals surface area contributed by atoms with Crippen LogP contribution in [0.1, 0.15) is 10.4 Å². The fourth-order valence-electron chi connectivity index (χ4n) is 2.91. The van der Waals surface area contributed by atoms with Gasteiger partial charge in [0.05, 0.1) is 10.5 Å². The Balaban J connectivity index is 1.53. The van der Waals surface area contributed by atoms with Crippen LogP contribution in [0, 0.1) is 5.82 Å². The lowest BCUT2D eigenvalue weighted by Gasteiger charge is -2.33. The van der Waals surface area contributed by atoms with E-state index in [1.165, 1.54) is 45.2 Å². The number of carbonyl (C=O) groups excluding carboxylic acids is 2. The fourth-order valence-corrected chi connectivity index (χ4v) is 4.33. The molecule has 0 bridgehead atoms. The summed E-state index contributed by atoms with van der Waals surface area (Å²) in [5.74, 6) is -1.79. The first-order valence-electron chi connectivity index (χ1n) is 9.06. The number of carbonyl (C=O) groups is 2. The van der Waals surface area contributed by atoms with Gasteiger partial charge in [-0.2, -0.15) is 4.31 Å². The van der Waals surface area contributed by atoms with Gasteiger partial charge in [0.25, 0.3) is 11.5 Å². The predicted octanol–water partition coefficient (Wildman–Crippen LogP) is 0.214. The van der Waals surface area contributed by atoms with E-state index in [1.54, 1.807) is 0 Å². The minimum atomic E-state index is -3.79. The lowest BCUT2D eigenvalue weighted by molar-refractivity contribution is -0.135. The number of rotatable bonds is 5. The number of pyridine rings is 1. The van der Waals surface area contributed by atoms with Gasteiger partial charge in [-0.1, -0.05) is 0 Å². The Hall–Kier alpha value is -3.05. The van der Waals surface area contributed by atoms with Crippen molar-refractivity contribution < 1.29 is 27.1 Å². The van der Waals surface area contributed by atoms with Crippen molar-refractivity contribution in [2.24, 2.45) is 7.05 Å². The van der Waals surface area contributed by atoms with E-state index in [2.05, 4.69) is 0 Å². The highest BCUT2D eigenvalue weighted by Gasteiger charge is 2.30. The molecule has 1 saturated heterocycles. The summed E-state index contributed by atoms with van der Waals surface area (Å²) in [6.45, 7) is -0.133. The Bertz CT molecular complexity index is 1110. The Labute approximate surface area is 172 Å². The van der Waals surface area contributed by atoms with Crippen LogP contribution in [0.4, 0.5) is 4.39 Å². The molecular formula is C19H20FN3O6S. The van der Waals surface area contributed by atoms with E-state index in [4.69, 9.17) is 4.74 Å². The smallest absolute Gasteiger partial charge is 0.338 e. The van der Waals surface area contributed by atoms with E-state index in [9.17, 15) is 27.2 Å². The zero-order valence-electron chi connectivity index (χ0n) is 16.2. The van der Waals surface area contributed by atoms with Gasteiger partial charge in [-0.25, -0.2) is 17.6 Å². The van der Waals surface area contributed by atoms with Gasteiger partial charge in [0.1, 0.15) is 5.82 Å². The van der Waals surface area contributed by atoms with E-state index in [0.29, 0.717) is 0 Å². The minimum absolute atomic E-state index is 0.0217. The molecule has 3 rings (SSSR count). The summed E-state index contributed by atoms with van der Waals surface area (Å²) in [5.41, 5.74) is -0.338. The molecule has 0 aliphatic carbocycles. The first kappa shape index (κ1) is 21.7. The van der Waals surface area contributed by atoms with Gasteiger partial charge >= 0.3 is 5.97 Å². The van der Waals surface area contributed by atoms with Crippen molar-refractivity contribution in [1.29, 1.82) is 0 Å². The molecule has 1 amide bonds. The number of hydrogen-bond donors (Lipinski definition) is 0. The van der Waals surface area contributed by atoms with Gasteiger partial charge in [-0.05, 0) is 30.3 Å². The average molecular weight is 437 g/mol. The number of nitrogens with zero attached hydrogens (tertiary/aromatic N) is 3. The van der Waals surface area contributed by atoms with Crippen molar-refractivity contribution in [2.75, 3.05) is 32.8 Å². The number of esters is 1. The molecule has 1 aliphatic heterocycles. The molecule has 1 aliphatic rings. The lowest BCUT2D eigenvalue weighted by atomic mass is 10.3. The van der Waals surface area contributed by atoms with E-state index < -0.39 is 34.3 Å². The van der Waals surface area contributed by atoms with Crippen LogP contribution in [0.15, 0.2) is 52.3 Å². The van der Waals surface area contributed by atoms with Crippen LogP contribution in [0.25, 0.3) is 0 Å². The third kappa shape index (κ3) is 4.74. The maximum atomic E-state index is 13.0. The van der Waals surface area contributed by atoms with Gasteiger partial charge in [-0.15, -0.1) is 0 Å². The van der Waals surface area contributed by atoms with Crippen LogP contribution in [0.2, 0.25) is 0 Å². The van der Waals surface area contributed by atoms with Crippen molar-refractivity contribution in [2.45, 2.75) is 4.90 Å². The molecule has 2 heterocycles.